The molecule has 3 rings (SSSR count). The summed E-state index contributed by atoms with van der Waals surface area (Å²) < 4.78 is 1.69. The van der Waals surface area contributed by atoms with Crippen molar-refractivity contribution in [2.75, 3.05) is 13.6 Å². The molecule has 0 aliphatic carbocycles. The first-order chi connectivity index (χ1) is 12.8. The van der Waals surface area contributed by atoms with Gasteiger partial charge in [-0.05, 0) is 31.5 Å². The summed E-state index contributed by atoms with van der Waals surface area (Å²) in [6.07, 6.45) is 0. The van der Waals surface area contributed by atoms with E-state index < -0.39 is 5.97 Å². The zero-order valence-electron chi connectivity index (χ0n) is 15.2. The second-order valence-electron chi connectivity index (χ2n) is 6.15. The number of amides is 1. The monoisotopic (exact) mass is 385 g/mol. The number of benzene rings is 1. The van der Waals surface area contributed by atoms with Crippen molar-refractivity contribution in [2.45, 2.75) is 24.8 Å². The summed E-state index contributed by atoms with van der Waals surface area (Å²) in [4.78, 5) is 33.4. The zero-order chi connectivity index (χ0) is 19.6. The maximum absolute atomic E-state index is 12.5. The molecular weight excluding hydrogens is 366 g/mol. The topological polar surface area (TPSA) is 101 Å². The minimum Gasteiger partial charge on any atom is -0.480 e. The van der Waals surface area contributed by atoms with Crippen LogP contribution in [-0.4, -0.2) is 55.1 Å². The van der Waals surface area contributed by atoms with Crippen molar-refractivity contribution in [1.82, 2.24) is 24.5 Å². The molecule has 0 unspecified atom stereocenters. The van der Waals surface area contributed by atoms with Crippen LogP contribution in [0.1, 0.15) is 27.3 Å². The molecule has 140 valence electrons. The molecule has 1 aromatic carbocycles. The molecule has 0 bridgehead atoms. The number of carbonyl (C=O) groups is 2. The van der Waals surface area contributed by atoms with E-state index in [0.717, 1.165) is 17.0 Å². The van der Waals surface area contributed by atoms with E-state index in [4.69, 9.17) is 5.11 Å². The lowest BCUT2D eigenvalue weighted by Gasteiger charge is -2.16. The Kier molecular flexibility index (Phi) is 5.41. The van der Waals surface area contributed by atoms with Crippen LogP contribution in [0.5, 0.6) is 0 Å². The molecule has 9 heteroatoms. The SMILES string of the molecule is Cc1cc(C)n2nc(SCc3ccccc3C(=O)N(C)CC(=O)O)nc2n1. The number of carbonyl (C=O) groups excluding carboxylic acids is 1. The number of hydrogen-bond acceptors (Lipinski definition) is 6. The highest BCUT2D eigenvalue weighted by atomic mass is 32.2. The van der Waals surface area contributed by atoms with Gasteiger partial charge in [0.25, 0.3) is 11.7 Å². The Balaban J connectivity index is 1.80. The third-order valence-corrected chi connectivity index (χ3v) is 4.81. The highest BCUT2D eigenvalue weighted by molar-refractivity contribution is 7.98. The fraction of sp³-hybridized carbons (Fsp3) is 0.278. The number of likely N-dealkylation sites (N-methyl/N-ethyl adjacent to an activating group) is 1. The summed E-state index contributed by atoms with van der Waals surface area (Å²) in [6, 6.07) is 9.08. The normalized spacial score (nSPS) is 10.9. The Morgan fingerprint density at radius 3 is 2.70 bits per heavy atom. The number of aryl methyl sites for hydroxylation is 2. The van der Waals surface area contributed by atoms with E-state index in [2.05, 4.69) is 15.1 Å². The van der Waals surface area contributed by atoms with E-state index in [1.165, 1.54) is 23.7 Å². The largest absolute Gasteiger partial charge is 0.480 e. The molecule has 0 aliphatic heterocycles. The van der Waals surface area contributed by atoms with E-state index in [9.17, 15) is 9.59 Å². The van der Waals surface area contributed by atoms with E-state index in [1.54, 1.807) is 16.6 Å². The van der Waals surface area contributed by atoms with Crippen molar-refractivity contribution in [3.63, 3.8) is 0 Å². The summed E-state index contributed by atoms with van der Waals surface area (Å²) in [7, 11) is 1.47. The third kappa shape index (κ3) is 4.25. The van der Waals surface area contributed by atoms with Crippen LogP contribution in [0.4, 0.5) is 0 Å². The maximum atomic E-state index is 12.5. The quantitative estimate of drug-likeness (QED) is 0.649. The lowest BCUT2D eigenvalue weighted by Crippen LogP contribution is -2.32. The smallest absolute Gasteiger partial charge is 0.323 e. The molecule has 8 nitrogen and oxygen atoms in total. The molecule has 0 saturated heterocycles. The first-order valence-corrected chi connectivity index (χ1v) is 9.22. The minimum atomic E-state index is -1.05. The fourth-order valence-corrected chi connectivity index (χ4v) is 3.51. The second-order valence-corrected chi connectivity index (χ2v) is 7.09. The van der Waals surface area contributed by atoms with Crippen LogP contribution in [0.2, 0.25) is 0 Å². The van der Waals surface area contributed by atoms with Crippen molar-refractivity contribution < 1.29 is 14.7 Å². The first kappa shape index (κ1) is 18.8. The molecule has 2 aromatic heterocycles. The van der Waals surface area contributed by atoms with Gasteiger partial charge in [0.15, 0.2) is 0 Å². The molecule has 1 N–H and O–H groups in total. The van der Waals surface area contributed by atoms with Gasteiger partial charge in [0.2, 0.25) is 5.16 Å². The van der Waals surface area contributed by atoms with Crippen molar-refractivity contribution in [3.8, 4) is 0 Å². The van der Waals surface area contributed by atoms with Gasteiger partial charge in [-0.1, -0.05) is 30.0 Å². The van der Waals surface area contributed by atoms with Gasteiger partial charge in [0.05, 0.1) is 0 Å². The second kappa shape index (κ2) is 7.75. The molecule has 0 saturated carbocycles. The minimum absolute atomic E-state index is 0.329. The predicted molar refractivity (Wildman–Crippen MR) is 101 cm³/mol. The number of rotatable bonds is 6. The molecule has 0 aliphatic rings. The Labute approximate surface area is 160 Å². The molecule has 0 fully saturated rings. The number of thioether (sulfide) groups is 1. The van der Waals surface area contributed by atoms with Crippen LogP contribution >= 0.6 is 11.8 Å². The molecule has 0 radical (unpaired) electrons. The van der Waals surface area contributed by atoms with E-state index in [0.29, 0.717) is 22.3 Å². The van der Waals surface area contributed by atoms with Crippen LogP contribution in [-0.2, 0) is 10.5 Å². The first-order valence-electron chi connectivity index (χ1n) is 8.24. The van der Waals surface area contributed by atoms with Gasteiger partial charge >= 0.3 is 5.97 Å². The number of carboxylic acids is 1. The number of carboxylic acid groups (broad SMARTS) is 1. The van der Waals surface area contributed by atoms with Crippen molar-refractivity contribution in [1.29, 1.82) is 0 Å². The number of aliphatic carboxylic acids is 1. The zero-order valence-corrected chi connectivity index (χ0v) is 16.0. The maximum Gasteiger partial charge on any atom is 0.323 e. The Morgan fingerprint density at radius 1 is 1.22 bits per heavy atom. The summed E-state index contributed by atoms with van der Waals surface area (Å²) in [5.74, 6) is -0.354. The van der Waals surface area contributed by atoms with Crippen LogP contribution in [0.15, 0.2) is 35.5 Å². The number of nitrogens with zero attached hydrogens (tertiary/aromatic N) is 5. The van der Waals surface area contributed by atoms with Gasteiger partial charge in [0.1, 0.15) is 6.54 Å². The van der Waals surface area contributed by atoms with Gasteiger partial charge in [-0.15, -0.1) is 5.10 Å². The van der Waals surface area contributed by atoms with E-state index in [1.807, 2.05) is 32.0 Å². The molecule has 3 aromatic rings. The lowest BCUT2D eigenvalue weighted by molar-refractivity contribution is -0.137. The van der Waals surface area contributed by atoms with Crippen molar-refractivity contribution >= 4 is 29.4 Å². The van der Waals surface area contributed by atoms with Gasteiger partial charge in [-0.3, -0.25) is 9.59 Å². The fourth-order valence-electron chi connectivity index (χ4n) is 2.69. The van der Waals surface area contributed by atoms with Crippen LogP contribution in [0.25, 0.3) is 5.78 Å². The van der Waals surface area contributed by atoms with Crippen molar-refractivity contribution in [2.24, 2.45) is 0 Å². The Bertz CT molecular complexity index is 1020. The number of fused-ring (bicyclic) bond motifs is 1. The highest BCUT2D eigenvalue weighted by Crippen LogP contribution is 2.23. The standard InChI is InChI=1S/C18H19N5O3S/c1-11-8-12(2)23-17(19-11)20-18(21-23)27-10-13-6-4-5-7-14(13)16(26)22(3)9-15(24)25/h4-8H,9-10H2,1-3H3,(H,24,25). The molecule has 27 heavy (non-hydrogen) atoms. The van der Waals surface area contributed by atoms with Gasteiger partial charge in [-0.25, -0.2) is 9.50 Å². The summed E-state index contributed by atoms with van der Waals surface area (Å²) in [5.41, 5.74) is 3.09. The molecule has 2 heterocycles. The van der Waals surface area contributed by atoms with E-state index in [-0.39, 0.29) is 12.5 Å². The van der Waals surface area contributed by atoms with Crippen LogP contribution in [0, 0.1) is 13.8 Å². The molecule has 0 atom stereocenters. The number of aromatic nitrogens is 4. The molecular formula is C18H19N5O3S. The highest BCUT2D eigenvalue weighted by Gasteiger charge is 2.18. The lowest BCUT2D eigenvalue weighted by atomic mass is 10.1. The Morgan fingerprint density at radius 2 is 1.96 bits per heavy atom. The average Bonchev–Trinajstić information content (AvgIpc) is 3.02. The summed E-state index contributed by atoms with van der Waals surface area (Å²) in [5, 5.41) is 13.9. The van der Waals surface area contributed by atoms with Crippen molar-refractivity contribution in [3.05, 3.63) is 52.8 Å². The van der Waals surface area contributed by atoms with Crippen LogP contribution < -0.4 is 0 Å². The van der Waals surface area contributed by atoms with E-state index >= 15 is 0 Å². The van der Waals surface area contributed by atoms with Gasteiger partial charge < -0.3 is 10.0 Å². The average molecular weight is 385 g/mol. The summed E-state index contributed by atoms with van der Waals surface area (Å²) >= 11 is 1.40. The van der Waals surface area contributed by atoms with Gasteiger partial charge in [0, 0.05) is 29.8 Å². The summed E-state index contributed by atoms with van der Waals surface area (Å²) in [6.45, 7) is 3.50. The van der Waals surface area contributed by atoms with Gasteiger partial charge in [-0.2, -0.15) is 4.98 Å². The predicted octanol–water partition coefficient (Wildman–Crippen LogP) is 2.19. The van der Waals surface area contributed by atoms with Crippen LogP contribution in [0.3, 0.4) is 0 Å². The Hall–Kier alpha value is -2.94. The molecule has 1 amide bonds. The third-order valence-electron chi connectivity index (χ3n) is 3.92. The molecule has 0 spiro atoms. The number of hydrogen-bond donors (Lipinski definition) is 1.